The molecule has 2 aromatic carbocycles. The minimum atomic E-state index is -1.41. The topological polar surface area (TPSA) is 40.5 Å². The zero-order chi connectivity index (χ0) is 14.0. The Morgan fingerprint density at radius 2 is 1.53 bits per heavy atom. The number of rotatable bonds is 1. The summed E-state index contributed by atoms with van der Waals surface area (Å²) in [6, 6.07) is 10.1. The molecule has 0 atom stereocenters. The van der Waals surface area contributed by atoms with E-state index < -0.39 is 7.12 Å². The van der Waals surface area contributed by atoms with Crippen LogP contribution >= 0.6 is 0 Å². The van der Waals surface area contributed by atoms with Crippen molar-refractivity contribution in [3.63, 3.8) is 0 Å². The van der Waals surface area contributed by atoms with Crippen molar-refractivity contribution in [2.75, 3.05) is 0 Å². The van der Waals surface area contributed by atoms with Crippen LogP contribution in [0.2, 0.25) is 0 Å². The van der Waals surface area contributed by atoms with Gasteiger partial charge in [0.25, 0.3) is 0 Å². The SMILES string of the molecule is CC1(C)c2cccc3cc(B(O)O)cc(c23)C1(C)C. The fourth-order valence-electron chi connectivity index (χ4n) is 3.29. The van der Waals surface area contributed by atoms with Crippen LogP contribution < -0.4 is 5.46 Å². The Labute approximate surface area is 114 Å². The first kappa shape index (κ1) is 12.7. The fourth-order valence-corrected chi connectivity index (χ4v) is 3.29. The highest BCUT2D eigenvalue weighted by Gasteiger charge is 2.47. The Bertz CT molecular complexity index is 672. The summed E-state index contributed by atoms with van der Waals surface area (Å²) < 4.78 is 0. The minimum Gasteiger partial charge on any atom is -0.423 e. The third-order valence-corrected chi connectivity index (χ3v) is 5.21. The van der Waals surface area contributed by atoms with Crippen molar-refractivity contribution in [2.24, 2.45) is 0 Å². The first-order chi connectivity index (χ1) is 8.76. The molecule has 0 aromatic heterocycles. The van der Waals surface area contributed by atoms with Crippen LogP contribution in [-0.4, -0.2) is 17.2 Å². The molecule has 0 bridgehead atoms. The van der Waals surface area contributed by atoms with Crippen LogP contribution in [0.25, 0.3) is 10.8 Å². The lowest BCUT2D eigenvalue weighted by atomic mass is 9.66. The maximum atomic E-state index is 9.48. The summed E-state index contributed by atoms with van der Waals surface area (Å²) >= 11 is 0. The second-order valence-electron chi connectivity index (χ2n) is 6.60. The lowest BCUT2D eigenvalue weighted by Crippen LogP contribution is -2.37. The molecule has 98 valence electrons. The highest BCUT2D eigenvalue weighted by Crippen LogP contribution is 2.53. The van der Waals surface area contributed by atoms with Gasteiger partial charge >= 0.3 is 7.12 Å². The maximum absolute atomic E-state index is 9.48. The van der Waals surface area contributed by atoms with E-state index in [1.54, 1.807) is 0 Å². The van der Waals surface area contributed by atoms with Gasteiger partial charge in [-0.25, -0.2) is 0 Å². The molecule has 2 N–H and O–H groups in total. The van der Waals surface area contributed by atoms with Gasteiger partial charge in [-0.1, -0.05) is 58.0 Å². The van der Waals surface area contributed by atoms with Gasteiger partial charge in [0.2, 0.25) is 0 Å². The molecule has 2 aromatic rings. The van der Waals surface area contributed by atoms with E-state index in [9.17, 15) is 10.0 Å². The van der Waals surface area contributed by atoms with Crippen LogP contribution in [0.15, 0.2) is 30.3 Å². The van der Waals surface area contributed by atoms with Crippen LogP contribution in [0.4, 0.5) is 0 Å². The van der Waals surface area contributed by atoms with E-state index in [1.165, 1.54) is 16.5 Å². The summed E-state index contributed by atoms with van der Waals surface area (Å²) in [5, 5.41) is 21.3. The van der Waals surface area contributed by atoms with Gasteiger partial charge in [-0.2, -0.15) is 0 Å². The molecule has 0 radical (unpaired) electrons. The van der Waals surface area contributed by atoms with Crippen LogP contribution in [0, 0.1) is 0 Å². The third kappa shape index (κ3) is 1.46. The largest absolute Gasteiger partial charge is 0.488 e. The van der Waals surface area contributed by atoms with Gasteiger partial charge in [0.05, 0.1) is 0 Å². The van der Waals surface area contributed by atoms with Crippen LogP contribution in [0.5, 0.6) is 0 Å². The summed E-state index contributed by atoms with van der Waals surface area (Å²) in [6.07, 6.45) is 0. The summed E-state index contributed by atoms with van der Waals surface area (Å²) in [7, 11) is -1.41. The average Bonchev–Trinajstić information content (AvgIpc) is 2.49. The van der Waals surface area contributed by atoms with Crippen molar-refractivity contribution in [3.8, 4) is 0 Å². The van der Waals surface area contributed by atoms with Gasteiger partial charge in [-0.05, 0) is 38.2 Å². The molecule has 1 aliphatic carbocycles. The molecule has 0 aliphatic heterocycles. The second kappa shape index (κ2) is 3.62. The molecule has 0 unspecified atom stereocenters. The van der Waals surface area contributed by atoms with Gasteiger partial charge < -0.3 is 10.0 Å². The summed E-state index contributed by atoms with van der Waals surface area (Å²) in [5.74, 6) is 0. The van der Waals surface area contributed by atoms with E-state index in [4.69, 9.17) is 0 Å². The van der Waals surface area contributed by atoms with E-state index in [2.05, 4.69) is 39.8 Å². The summed E-state index contributed by atoms with van der Waals surface area (Å²) in [6.45, 7) is 8.98. The molecule has 0 spiro atoms. The smallest absolute Gasteiger partial charge is 0.423 e. The average molecular weight is 254 g/mol. The molecule has 3 heteroatoms. The van der Waals surface area contributed by atoms with E-state index in [1.807, 2.05) is 18.2 Å². The van der Waals surface area contributed by atoms with E-state index in [-0.39, 0.29) is 10.8 Å². The monoisotopic (exact) mass is 254 g/mol. The molecule has 3 rings (SSSR count). The van der Waals surface area contributed by atoms with Crippen molar-refractivity contribution < 1.29 is 10.0 Å². The Morgan fingerprint density at radius 3 is 2.16 bits per heavy atom. The zero-order valence-corrected chi connectivity index (χ0v) is 11.9. The van der Waals surface area contributed by atoms with Crippen molar-refractivity contribution in [1.29, 1.82) is 0 Å². The lowest BCUT2D eigenvalue weighted by molar-refractivity contribution is 0.322. The first-order valence-corrected chi connectivity index (χ1v) is 6.70. The molecule has 0 amide bonds. The lowest BCUT2D eigenvalue weighted by Gasteiger charge is -2.37. The molecule has 2 nitrogen and oxygen atoms in total. The van der Waals surface area contributed by atoms with Crippen molar-refractivity contribution >= 4 is 23.4 Å². The highest BCUT2D eigenvalue weighted by molar-refractivity contribution is 6.59. The van der Waals surface area contributed by atoms with Crippen molar-refractivity contribution in [2.45, 2.75) is 38.5 Å². The molecule has 19 heavy (non-hydrogen) atoms. The van der Waals surface area contributed by atoms with Gasteiger partial charge in [-0.15, -0.1) is 0 Å². The second-order valence-corrected chi connectivity index (χ2v) is 6.60. The van der Waals surface area contributed by atoms with E-state index in [0.29, 0.717) is 5.46 Å². The predicted octanol–water partition coefficient (Wildman–Crippen LogP) is 2.09. The Balaban J connectivity index is 2.46. The van der Waals surface area contributed by atoms with Crippen LogP contribution in [-0.2, 0) is 10.8 Å². The molecule has 1 aliphatic rings. The Morgan fingerprint density at radius 1 is 0.895 bits per heavy atom. The predicted molar refractivity (Wildman–Crippen MR) is 79.8 cm³/mol. The standard InChI is InChI=1S/C16H19BO2/c1-15(2)12-7-5-6-10-8-11(17(18)19)9-13(14(10)12)16(15,3)4/h5-9,18-19H,1-4H3. The summed E-state index contributed by atoms with van der Waals surface area (Å²) in [4.78, 5) is 0. The van der Waals surface area contributed by atoms with Crippen molar-refractivity contribution in [1.82, 2.24) is 0 Å². The number of hydrogen-bond acceptors (Lipinski definition) is 2. The zero-order valence-electron chi connectivity index (χ0n) is 11.9. The van der Waals surface area contributed by atoms with Gasteiger partial charge in [0.15, 0.2) is 0 Å². The van der Waals surface area contributed by atoms with Crippen molar-refractivity contribution in [3.05, 3.63) is 41.5 Å². The first-order valence-electron chi connectivity index (χ1n) is 6.70. The molecule has 0 saturated carbocycles. The molecule has 0 fully saturated rings. The fraction of sp³-hybridized carbons (Fsp3) is 0.375. The van der Waals surface area contributed by atoms with Gasteiger partial charge in [0.1, 0.15) is 0 Å². The number of benzene rings is 2. The van der Waals surface area contributed by atoms with E-state index >= 15 is 0 Å². The third-order valence-electron chi connectivity index (χ3n) is 5.21. The Hall–Kier alpha value is -1.32. The highest BCUT2D eigenvalue weighted by atomic mass is 16.4. The molecule has 0 heterocycles. The van der Waals surface area contributed by atoms with Gasteiger partial charge in [-0.3, -0.25) is 0 Å². The molecule has 0 saturated heterocycles. The van der Waals surface area contributed by atoms with Gasteiger partial charge in [0, 0.05) is 0 Å². The van der Waals surface area contributed by atoms with Crippen LogP contribution in [0.1, 0.15) is 38.8 Å². The van der Waals surface area contributed by atoms with Crippen LogP contribution in [0.3, 0.4) is 0 Å². The van der Waals surface area contributed by atoms with E-state index in [0.717, 1.165) is 5.39 Å². The Kier molecular flexibility index (Phi) is 2.42. The minimum absolute atomic E-state index is 0.0279. The quantitative estimate of drug-likeness (QED) is 0.765. The molecular weight excluding hydrogens is 235 g/mol. The summed E-state index contributed by atoms with van der Waals surface area (Å²) in [5.41, 5.74) is 3.15. The normalized spacial score (nSPS) is 18.8. The maximum Gasteiger partial charge on any atom is 0.488 e. The number of hydrogen-bond donors (Lipinski definition) is 2. The molecular formula is C16H19BO2.